The minimum atomic E-state index is -0.878. The predicted molar refractivity (Wildman–Crippen MR) is 67.4 cm³/mol. The summed E-state index contributed by atoms with van der Waals surface area (Å²) in [7, 11) is 0. The summed E-state index contributed by atoms with van der Waals surface area (Å²) in [5.74, 6) is -1.25. The molecule has 1 heterocycles. The average Bonchev–Trinajstić information content (AvgIpc) is 2.42. The Hall–Kier alpha value is -2.14. The van der Waals surface area contributed by atoms with E-state index >= 15 is 0 Å². The Bertz CT molecular complexity index is 658. The summed E-state index contributed by atoms with van der Waals surface area (Å²) in [6.07, 6.45) is -1.23. The number of halogens is 2. The first-order valence-electron chi connectivity index (χ1n) is 6.17. The third kappa shape index (κ3) is 2.20. The number of phenolic OH excluding ortho intramolecular Hbond substituents is 1. The molecule has 0 fully saturated rings. The van der Waals surface area contributed by atoms with Gasteiger partial charge in [0.1, 0.15) is 17.7 Å². The van der Waals surface area contributed by atoms with Crippen molar-refractivity contribution in [3.05, 3.63) is 59.2 Å². The van der Waals surface area contributed by atoms with E-state index < -0.39 is 29.6 Å². The van der Waals surface area contributed by atoms with Gasteiger partial charge < -0.3 is 14.9 Å². The number of aromatic hydroxyl groups is 1. The minimum absolute atomic E-state index is 0.195. The molecule has 0 amide bonds. The third-order valence-electron chi connectivity index (χ3n) is 3.38. The first kappa shape index (κ1) is 12.9. The number of aliphatic hydroxyl groups is 1. The first-order valence-corrected chi connectivity index (χ1v) is 6.17. The Morgan fingerprint density at radius 3 is 2.65 bits per heavy atom. The molecule has 2 aromatic carbocycles. The number of hydrogen-bond donors (Lipinski definition) is 2. The maximum absolute atomic E-state index is 13.4. The highest BCUT2D eigenvalue weighted by Gasteiger charge is 2.28. The Morgan fingerprint density at radius 2 is 1.90 bits per heavy atom. The fraction of sp³-hybridized carbons (Fsp3) is 0.200. The van der Waals surface area contributed by atoms with Crippen LogP contribution in [0.15, 0.2) is 36.4 Å². The fourth-order valence-electron chi connectivity index (χ4n) is 2.35. The summed E-state index contributed by atoms with van der Waals surface area (Å²) in [6, 6.07) is 7.85. The summed E-state index contributed by atoms with van der Waals surface area (Å²) >= 11 is 0. The van der Waals surface area contributed by atoms with E-state index in [-0.39, 0.29) is 6.42 Å². The van der Waals surface area contributed by atoms with E-state index in [9.17, 15) is 19.0 Å². The van der Waals surface area contributed by atoms with Crippen LogP contribution in [0.2, 0.25) is 0 Å². The number of rotatable bonds is 1. The van der Waals surface area contributed by atoms with Crippen molar-refractivity contribution in [3.63, 3.8) is 0 Å². The van der Waals surface area contributed by atoms with E-state index in [0.29, 0.717) is 16.9 Å². The molecule has 2 aromatic rings. The zero-order valence-corrected chi connectivity index (χ0v) is 10.4. The standard InChI is InChI=1S/C15H12F2O3/c16-9-2-4-14-10(6-9)13(19)7-15(20-14)8-1-3-12(18)11(17)5-8/h1-6,13,15,18-19H,7H2. The van der Waals surface area contributed by atoms with E-state index in [0.717, 1.165) is 0 Å². The van der Waals surface area contributed by atoms with Gasteiger partial charge in [-0.05, 0) is 35.9 Å². The summed E-state index contributed by atoms with van der Waals surface area (Å²) < 4.78 is 32.2. The van der Waals surface area contributed by atoms with Crippen LogP contribution in [0.25, 0.3) is 0 Å². The van der Waals surface area contributed by atoms with Gasteiger partial charge in [-0.3, -0.25) is 0 Å². The lowest BCUT2D eigenvalue weighted by Gasteiger charge is -2.30. The van der Waals surface area contributed by atoms with Crippen molar-refractivity contribution in [1.29, 1.82) is 0 Å². The summed E-state index contributed by atoms with van der Waals surface area (Å²) in [5.41, 5.74) is 0.898. The van der Waals surface area contributed by atoms with Gasteiger partial charge in [0.2, 0.25) is 0 Å². The number of hydrogen-bond acceptors (Lipinski definition) is 3. The van der Waals surface area contributed by atoms with Crippen LogP contribution in [0.5, 0.6) is 11.5 Å². The number of benzene rings is 2. The van der Waals surface area contributed by atoms with Crippen LogP contribution in [0.3, 0.4) is 0 Å². The van der Waals surface area contributed by atoms with E-state index in [1.165, 1.54) is 36.4 Å². The van der Waals surface area contributed by atoms with Gasteiger partial charge in [0.05, 0.1) is 6.10 Å². The van der Waals surface area contributed by atoms with Gasteiger partial charge in [0, 0.05) is 12.0 Å². The van der Waals surface area contributed by atoms with Crippen molar-refractivity contribution in [1.82, 2.24) is 0 Å². The molecule has 0 bridgehead atoms. The highest BCUT2D eigenvalue weighted by Crippen LogP contribution is 2.41. The average molecular weight is 278 g/mol. The topological polar surface area (TPSA) is 49.7 Å². The lowest BCUT2D eigenvalue weighted by atomic mass is 9.95. The molecule has 104 valence electrons. The molecule has 5 heteroatoms. The zero-order chi connectivity index (χ0) is 14.3. The summed E-state index contributed by atoms with van der Waals surface area (Å²) in [4.78, 5) is 0. The molecular weight excluding hydrogens is 266 g/mol. The minimum Gasteiger partial charge on any atom is -0.505 e. The van der Waals surface area contributed by atoms with Crippen molar-refractivity contribution in [2.45, 2.75) is 18.6 Å². The van der Waals surface area contributed by atoms with Gasteiger partial charge in [-0.15, -0.1) is 0 Å². The zero-order valence-electron chi connectivity index (χ0n) is 10.4. The molecule has 3 nitrogen and oxygen atoms in total. The molecule has 1 aliphatic rings. The van der Waals surface area contributed by atoms with Crippen molar-refractivity contribution in [2.24, 2.45) is 0 Å². The number of phenols is 1. The Labute approximate surface area is 114 Å². The maximum Gasteiger partial charge on any atom is 0.165 e. The predicted octanol–water partition coefficient (Wildman–Crippen LogP) is 3.23. The summed E-state index contributed by atoms with van der Waals surface area (Å²) in [6.45, 7) is 0. The highest BCUT2D eigenvalue weighted by atomic mass is 19.1. The van der Waals surface area contributed by atoms with Crippen LogP contribution in [0, 0.1) is 11.6 Å². The first-order chi connectivity index (χ1) is 9.54. The molecule has 20 heavy (non-hydrogen) atoms. The molecule has 0 saturated heterocycles. The van der Waals surface area contributed by atoms with Gasteiger partial charge in [-0.25, -0.2) is 8.78 Å². The summed E-state index contributed by atoms with van der Waals surface area (Å²) in [5, 5.41) is 19.2. The van der Waals surface area contributed by atoms with E-state index in [2.05, 4.69) is 0 Å². The molecule has 0 saturated carbocycles. The number of fused-ring (bicyclic) bond motifs is 1. The van der Waals surface area contributed by atoms with Gasteiger partial charge >= 0.3 is 0 Å². The monoisotopic (exact) mass is 278 g/mol. The normalized spacial score (nSPS) is 21.1. The largest absolute Gasteiger partial charge is 0.505 e. The van der Waals surface area contributed by atoms with Crippen molar-refractivity contribution in [3.8, 4) is 11.5 Å². The molecule has 0 aromatic heterocycles. The lowest BCUT2D eigenvalue weighted by molar-refractivity contribution is 0.0651. The smallest absolute Gasteiger partial charge is 0.165 e. The molecule has 2 unspecified atom stereocenters. The second kappa shape index (κ2) is 4.76. The molecule has 2 atom stereocenters. The van der Waals surface area contributed by atoms with Crippen LogP contribution in [-0.2, 0) is 0 Å². The maximum atomic E-state index is 13.4. The lowest BCUT2D eigenvalue weighted by Crippen LogP contribution is -2.19. The fourth-order valence-corrected chi connectivity index (χ4v) is 2.35. The number of ether oxygens (including phenoxy) is 1. The van der Waals surface area contributed by atoms with Crippen LogP contribution in [0.1, 0.15) is 29.8 Å². The van der Waals surface area contributed by atoms with Gasteiger partial charge in [0.25, 0.3) is 0 Å². The molecule has 0 aliphatic carbocycles. The molecule has 0 radical (unpaired) electrons. The van der Waals surface area contributed by atoms with E-state index in [1.54, 1.807) is 0 Å². The van der Waals surface area contributed by atoms with E-state index in [1.807, 2.05) is 0 Å². The molecule has 3 rings (SSSR count). The van der Waals surface area contributed by atoms with Crippen LogP contribution < -0.4 is 4.74 Å². The third-order valence-corrected chi connectivity index (χ3v) is 3.38. The Kier molecular flexibility index (Phi) is 3.06. The Balaban J connectivity index is 1.94. The molecular formula is C15H12F2O3. The van der Waals surface area contributed by atoms with E-state index in [4.69, 9.17) is 4.74 Å². The molecule has 2 N–H and O–H groups in total. The van der Waals surface area contributed by atoms with Crippen molar-refractivity contribution in [2.75, 3.05) is 0 Å². The van der Waals surface area contributed by atoms with Gasteiger partial charge in [-0.2, -0.15) is 0 Å². The second-order valence-electron chi connectivity index (χ2n) is 4.75. The molecule has 1 aliphatic heterocycles. The van der Waals surface area contributed by atoms with Crippen LogP contribution in [-0.4, -0.2) is 10.2 Å². The van der Waals surface area contributed by atoms with Gasteiger partial charge in [-0.1, -0.05) is 6.07 Å². The number of aliphatic hydroxyl groups excluding tert-OH is 1. The Morgan fingerprint density at radius 1 is 1.10 bits per heavy atom. The van der Waals surface area contributed by atoms with Crippen molar-refractivity contribution < 1.29 is 23.7 Å². The highest BCUT2D eigenvalue weighted by molar-refractivity contribution is 5.39. The SMILES string of the molecule is Oc1ccc(C2CC(O)c3cc(F)ccc3O2)cc1F. The molecule has 0 spiro atoms. The second-order valence-corrected chi connectivity index (χ2v) is 4.75. The van der Waals surface area contributed by atoms with Crippen molar-refractivity contribution >= 4 is 0 Å². The van der Waals surface area contributed by atoms with Crippen LogP contribution in [0.4, 0.5) is 8.78 Å². The van der Waals surface area contributed by atoms with Crippen LogP contribution >= 0.6 is 0 Å². The van der Waals surface area contributed by atoms with Gasteiger partial charge in [0.15, 0.2) is 11.6 Å². The quantitative estimate of drug-likeness (QED) is 0.842.